The Kier molecular flexibility index (Phi) is 3.67. The van der Waals surface area contributed by atoms with Crippen LogP contribution in [-0.4, -0.2) is 20.1 Å². The molecule has 18 heavy (non-hydrogen) atoms. The molecule has 2 atom stereocenters. The molecule has 1 fully saturated rings. The summed E-state index contributed by atoms with van der Waals surface area (Å²) in [4.78, 5) is 0. The van der Waals surface area contributed by atoms with Gasteiger partial charge in [0.2, 0.25) is 0 Å². The van der Waals surface area contributed by atoms with Crippen molar-refractivity contribution in [2.75, 3.05) is 20.1 Å². The van der Waals surface area contributed by atoms with Crippen LogP contribution in [0.5, 0.6) is 0 Å². The van der Waals surface area contributed by atoms with E-state index in [0.29, 0.717) is 6.04 Å². The van der Waals surface area contributed by atoms with Crippen LogP contribution in [0.1, 0.15) is 42.0 Å². The van der Waals surface area contributed by atoms with Crippen LogP contribution >= 0.6 is 0 Å². The van der Waals surface area contributed by atoms with Crippen LogP contribution < -0.4 is 10.6 Å². The van der Waals surface area contributed by atoms with Gasteiger partial charge in [-0.15, -0.1) is 0 Å². The lowest BCUT2D eigenvalue weighted by Gasteiger charge is -2.25. The molecular weight excluding hydrogens is 220 g/mol. The molecule has 0 saturated carbocycles. The smallest absolute Gasteiger partial charge is 0.0358 e. The highest BCUT2D eigenvalue weighted by molar-refractivity contribution is 5.35. The number of nitrogens with one attached hydrogen (secondary N) is 2. The maximum Gasteiger partial charge on any atom is 0.0358 e. The first-order valence-corrected chi connectivity index (χ1v) is 7.38. The molecule has 1 aliphatic heterocycles. The molecule has 98 valence electrons. The SMILES string of the molecule is CNC(c1ccc2c(c1)CCCC2)C1CCNC1. The van der Waals surface area contributed by atoms with Crippen molar-refractivity contribution in [3.8, 4) is 0 Å². The summed E-state index contributed by atoms with van der Waals surface area (Å²) in [6.45, 7) is 2.33. The fourth-order valence-electron chi connectivity index (χ4n) is 3.58. The maximum absolute atomic E-state index is 3.53. The summed E-state index contributed by atoms with van der Waals surface area (Å²) in [7, 11) is 2.10. The minimum atomic E-state index is 0.521. The van der Waals surface area contributed by atoms with Crippen molar-refractivity contribution in [3.05, 3.63) is 34.9 Å². The van der Waals surface area contributed by atoms with Gasteiger partial charge in [0.1, 0.15) is 0 Å². The third-order valence-corrected chi connectivity index (χ3v) is 4.61. The Hall–Kier alpha value is -0.860. The van der Waals surface area contributed by atoms with Crippen LogP contribution in [0.4, 0.5) is 0 Å². The van der Waals surface area contributed by atoms with E-state index in [1.807, 2.05) is 0 Å². The molecule has 1 saturated heterocycles. The van der Waals surface area contributed by atoms with Gasteiger partial charge in [0.15, 0.2) is 0 Å². The molecule has 0 aromatic heterocycles. The van der Waals surface area contributed by atoms with E-state index in [1.54, 1.807) is 11.1 Å². The van der Waals surface area contributed by atoms with Gasteiger partial charge < -0.3 is 10.6 Å². The Morgan fingerprint density at radius 1 is 1.22 bits per heavy atom. The predicted molar refractivity (Wildman–Crippen MR) is 75.9 cm³/mol. The highest BCUT2D eigenvalue weighted by Gasteiger charge is 2.25. The highest BCUT2D eigenvalue weighted by atomic mass is 15.0. The van der Waals surface area contributed by atoms with Gasteiger partial charge in [-0.1, -0.05) is 18.2 Å². The predicted octanol–water partition coefficient (Wildman–Crippen LogP) is 2.44. The van der Waals surface area contributed by atoms with Crippen molar-refractivity contribution in [1.29, 1.82) is 0 Å². The molecule has 1 aliphatic carbocycles. The van der Waals surface area contributed by atoms with E-state index in [-0.39, 0.29) is 0 Å². The molecule has 2 nitrogen and oxygen atoms in total. The molecule has 0 bridgehead atoms. The summed E-state index contributed by atoms with van der Waals surface area (Å²) in [6.07, 6.45) is 6.59. The molecule has 2 aliphatic rings. The molecule has 0 amide bonds. The van der Waals surface area contributed by atoms with E-state index in [0.717, 1.165) is 12.5 Å². The van der Waals surface area contributed by atoms with Gasteiger partial charge in [0, 0.05) is 6.04 Å². The lowest BCUT2D eigenvalue weighted by atomic mass is 9.86. The molecule has 2 heteroatoms. The first kappa shape index (κ1) is 12.2. The summed E-state index contributed by atoms with van der Waals surface area (Å²) < 4.78 is 0. The van der Waals surface area contributed by atoms with Crippen LogP contribution in [0.15, 0.2) is 18.2 Å². The van der Waals surface area contributed by atoms with Gasteiger partial charge in [-0.3, -0.25) is 0 Å². The van der Waals surface area contributed by atoms with E-state index in [2.05, 4.69) is 35.9 Å². The van der Waals surface area contributed by atoms with Gasteiger partial charge in [0.05, 0.1) is 0 Å². The van der Waals surface area contributed by atoms with E-state index in [4.69, 9.17) is 0 Å². The monoisotopic (exact) mass is 244 g/mol. The number of aryl methyl sites for hydroxylation is 2. The van der Waals surface area contributed by atoms with E-state index < -0.39 is 0 Å². The Morgan fingerprint density at radius 2 is 2.06 bits per heavy atom. The Morgan fingerprint density at radius 3 is 2.78 bits per heavy atom. The van der Waals surface area contributed by atoms with Crippen LogP contribution in [0.25, 0.3) is 0 Å². The fraction of sp³-hybridized carbons (Fsp3) is 0.625. The summed E-state index contributed by atoms with van der Waals surface area (Å²) >= 11 is 0. The Labute approximate surface area is 110 Å². The quantitative estimate of drug-likeness (QED) is 0.853. The van der Waals surface area contributed by atoms with Crippen molar-refractivity contribution in [2.24, 2.45) is 5.92 Å². The number of rotatable bonds is 3. The van der Waals surface area contributed by atoms with Crippen LogP contribution in [-0.2, 0) is 12.8 Å². The summed E-state index contributed by atoms with van der Waals surface area (Å²) in [6, 6.07) is 7.71. The van der Waals surface area contributed by atoms with Crippen molar-refractivity contribution in [2.45, 2.75) is 38.1 Å². The molecule has 1 heterocycles. The third-order valence-electron chi connectivity index (χ3n) is 4.61. The summed E-state index contributed by atoms with van der Waals surface area (Å²) in [5, 5.41) is 7.01. The van der Waals surface area contributed by atoms with E-state index >= 15 is 0 Å². The minimum Gasteiger partial charge on any atom is -0.316 e. The average molecular weight is 244 g/mol. The maximum atomic E-state index is 3.53. The Bertz CT molecular complexity index is 408. The molecular formula is C16H24N2. The van der Waals surface area contributed by atoms with Crippen molar-refractivity contribution in [3.63, 3.8) is 0 Å². The molecule has 2 N–H and O–H groups in total. The average Bonchev–Trinajstić information content (AvgIpc) is 2.93. The van der Waals surface area contributed by atoms with E-state index in [9.17, 15) is 0 Å². The summed E-state index contributed by atoms with van der Waals surface area (Å²) in [5.41, 5.74) is 4.68. The highest BCUT2D eigenvalue weighted by Crippen LogP contribution is 2.30. The molecule has 2 unspecified atom stereocenters. The number of benzene rings is 1. The van der Waals surface area contributed by atoms with Gasteiger partial charge in [-0.05, 0) is 74.8 Å². The van der Waals surface area contributed by atoms with Gasteiger partial charge in [-0.2, -0.15) is 0 Å². The lowest BCUT2D eigenvalue weighted by molar-refractivity contribution is 0.410. The largest absolute Gasteiger partial charge is 0.316 e. The number of hydrogen-bond donors (Lipinski definition) is 2. The van der Waals surface area contributed by atoms with Crippen molar-refractivity contribution in [1.82, 2.24) is 10.6 Å². The van der Waals surface area contributed by atoms with Crippen LogP contribution in [0.2, 0.25) is 0 Å². The van der Waals surface area contributed by atoms with Gasteiger partial charge >= 0.3 is 0 Å². The lowest BCUT2D eigenvalue weighted by Crippen LogP contribution is -2.27. The standard InChI is InChI=1S/C16H24N2/c1-17-16(15-8-9-18-11-15)14-7-6-12-4-2-3-5-13(12)10-14/h6-7,10,15-18H,2-5,8-9,11H2,1H3. The third kappa shape index (κ3) is 2.32. The van der Waals surface area contributed by atoms with Crippen molar-refractivity contribution >= 4 is 0 Å². The number of fused-ring (bicyclic) bond motifs is 1. The van der Waals surface area contributed by atoms with Gasteiger partial charge in [-0.25, -0.2) is 0 Å². The molecule has 3 rings (SSSR count). The van der Waals surface area contributed by atoms with Gasteiger partial charge in [0.25, 0.3) is 0 Å². The zero-order valence-corrected chi connectivity index (χ0v) is 11.3. The van der Waals surface area contributed by atoms with Crippen molar-refractivity contribution < 1.29 is 0 Å². The molecule has 0 radical (unpaired) electrons. The van der Waals surface area contributed by atoms with E-state index in [1.165, 1.54) is 44.2 Å². The normalized spacial score (nSPS) is 24.8. The molecule has 0 spiro atoms. The minimum absolute atomic E-state index is 0.521. The van der Waals surface area contributed by atoms with Crippen LogP contribution in [0.3, 0.4) is 0 Å². The first-order valence-electron chi connectivity index (χ1n) is 7.38. The number of hydrogen-bond acceptors (Lipinski definition) is 2. The zero-order valence-electron chi connectivity index (χ0n) is 11.3. The first-order chi connectivity index (χ1) is 8.88. The fourth-order valence-corrected chi connectivity index (χ4v) is 3.58. The topological polar surface area (TPSA) is 24.1 Å². The zero-order chi connectivity index (χ0) is 12.4. The second-order valence-corrected chi connectivity index (χ2v) is 5.75. The molecule has 1 aromatic rings. The second-order valence-electron chi connectivity index (χ2n) is 5.75. The molecule has 1 aromatic carbocycles. The van der Waals surface area contributed by atoms with Crippen LogP contribution in [0, 0.1) is 5.92 Å². The second kappa shape index (κ2) is 5.41. The Balaban J connectivity index is 1.85. The summed E-state index contributed by atoms with van der Waals surface area (Å²) in [5.74, 6) is 0.747.